The van der Waals surface area contributed by atoms with E-state index >= 15 is 0 Å². The summed E-state index contributed by atoms with van der Waals surface area (Å²) in [5, 5.41) is 31.4. The van der Waals surface area contributed by atoms with Crippen LogP contribution in [0.5, 0.6) is 0 Å². The van der Waals surface area contributed by atoms with Crippen molar-refractivity contribution in [3.05, 3.63) is 33.9 Å². The van der Waals surface area contributed by atoms with Crippen LogP contribution >= 0.6 is 0 Å². The Hall–Kier alpha value is -2.15. The van der Waals surface area contributed by atoms with E-state index < -0.39 is 23.0 Å². The van der Waals surface area contributed by atoms with Gasteiger partial charge in [-0.05, 0) is 19.9 Å². The molecule has 7 heteroatoms. The highest BCUT2D eigenvalue weighted by molar-refractivity contribution is 5.82. The zero-order chi connectivity index (χ0) is 13.9. The van der Waals surface area contributed by atoms with Crippen molar-refractivity contribution in [2.24, 2.45) is 0 Å². The molecule has 0 amide bonds. The normalized spacial score (nSPS) is 11.1. The van der Waals surface area contributed by atoms with Crippen LogP contribution in [0.2, 0.25) is 0 Å². The van der Waals surface area contributed by atoms with Crippen LogP contribution in [0, 0.1) is 10.1 Å². The number of nitro benzene ring substituents is 1. The SMILES string of the molecule is CC(C)(Nc1ccc([N+](=O)[O-])cc1CO)C(=O)O. The number of hydrogen-bond acceptors (Lipinski definition) is 5. The fraction of sp³-hybridized carbons (Fsp3) is 0.364. The van der Waals surface area contributed by atoms with E-state index in [4.69, 9.17) is 10.2 Å². The number of nitrogens with one attached hydrogen (secondary N) is 1. The van der Waals surface area contributed by atoms with Gasteiger partial charge < -0.3 is 15.5 Å². The second-order valence-corrected chi connectivity index (χ2v) is 4.31. The first-order valence-electron chi connectivity index (χ1n) is 5.17. The van der Waals surface area contributed by atoms with E-state index in [0.29, 0.717) is 5.69 Å². The standard InChI is InChI=1S/C11H14N2O5/c1-11(2,10(15)16)12-9-4-3-8(13(17)18)5-7(9)6-14/h3-5,12,14H,6H2,1-2H3,(H,15,16). The molecule has 0 bridgehead atoms. The Bertz CT molecular complexity index is 484. The minimum Gasteiger partial charge on any atom is -0.480 e. The first-order chi connectivity index (χ1) is 8.27. The van der Waals surface area contributed by atoms with Crippen molar-refractivity contribution in [2.75, 3.05) is 5.32 Å². The lowest BCUT2D eigenvalue weighted by atomic mass is 10.0. The van der Waals surface area contributed by atoms with Gasteiger partial charge in [0.1, 0.15) is 5.54 Å². The van der Waals surface area contributed by atoms with Crippen molar-refractivity contribution >= 4 is 17.3 Å². The first kappa shape index (κ1) is 13.9. The van der Waals surface area contributed by atoms with Gasteiger partial charge in [-0.15, -0.1) is 0 Å². The maximum absolute atomic E-state index is 11.0. The lowest BCUT2D eigenvalue weighted by Crippen LogP contribution is -2.40. The number of nitrogens with zero attached hydrogens (tertiary/aromatic N) is 1. The third-order valence-electron chi connectivity index (χ3n) is 2.45. The van der Waals surface area contributed by atoms with Gasteiger partial charge in [0.15, 0.2) is 0 Å². The Morgan fingerprint density at radius 3 is 2.56 bits per heavy atom. The lowest BCUT2D eigenvalue weighted by molar-refractivity contribution is -0.384. The summed E-state index contributed by atoms with van der Waals surface area (Å²) >= 11 is 0. The highest BCUT2D eigenvalue weighted by Gasteiger charge is 2.27. The summed E-state index contributed by atoms with van der Waals surface area (Å²) in [5.74, 6) is -1.07. The monoisotopic (exact) mass is 254 g/mol. The van der Waals surface area contributed by atoms with Crippen molar-refractivity contribution in [1.82, 2.24) is 0 Å². The van der Waals surface area contributed by atoms with Gasteiger partial charge in [-0.3, -0.25) is 10.1 Å². The fourth-order valence-corrected chi connectivity index (χ4v) is 1.34. The number of anilines is 1. The molecule has 18 heavy (non-hydrogen) atoms. The number of carbonyl (C=O) groups is 1. The molecule has 0 saturated heterocycles. The number of carboxylic acids is 1. The molecule has 0 radical (unpaired) electrons. The average Bonchev–Trinajstić information content (AvgIpc) is 2.28. The molecule has 0 unspecified atom stereocenters. The highest BCUT2D eigenvalue weighted by Crippen LogP contribution is 2.25. The Morgan fingerprint density at radius 2 is 2.11 bits per heavy atom. The van der Waals surface area contributed by atoms with E-state index in [-0.39, 0.29) is 11.3 Å². The highest BCUT2D eigenvalue weighted by atomic mass is 16.6. The van der Waals surface area contributed by atoms with Crippen molar-refractivity contribution < 1.29 is 19.9 Å². The van der Waals surface area contributed by atoms with E-state index in [1.54, 1.807) is 0 Å². The smallest absolute Gasteiger partial charge is 0.328 e. The largest absolute Gasteiger partial charge is 0.480 e. The molecular formula is C11H14N2O5. The predicted octanol–water partition coefficient (Wildman–Crippen LogP) is 1.36. The van der Waals surface area contributed by atoms with Gasteiger partial charge in [-0.1, -0.05) is 0 Å². The minimum absolute atomic E-state index is 0.155. The maximum atomic E-state index is 11.0. The van der Waals surface area contributed by atoms with E-state index in [9.17, 15) is 14.9 Å². The molecule has 0 spiro atoms. The number of aliphatic hydroxyl groups is 1. The van der Waals surface area contributed by atoms with Crippen molar-refractivity contribution in [3.63, 3.8) is 0 Å². The Labute approximate surface area is 103 Å². The third-order valence-corrected chi connectivity index (χ3v) is 2.45. The van der Waals surface area contributed by atoms with Crippen molar-refractivity contribution in [2.45, 2.75) is 26.0 Å². The van der Waals surface area contributed by atoms with Crippen molar-refractivity contribution in [1.29, 1.82) is 0 Å². The topological polar surface area (TPSA) is 113 Å². The molecule has 1 rings (SSSR count). The summed E-state index contributed by atoms with van der Waals surface area (Å²) in [6.07, 6.45) is 0. The Balaban J connectivity index is 3.11. The summed E-state index contributed by atoms with van der Waals surface area (Å²) in [4.78, 5) is 21.0. The van der Waals surface area contributed by atoms with E-state index in [1.807, 2.05) is 0 Å². The fourth-order valence-electron chi connectivity index (χ4n) is 1.34. The van der Waals surface area contributed by atoms with Crippen LogP contribution < -0.4 is 5.32 Å². The zero-order valence-corrected chi connectivity index (χ0v) is 10.0. The molecule has 0 heterocycles. The molecule has 7 nitrogen and oxygen atoms in total. The van der Waals surface area contributed by atoms with Crippen LogP contribution in [0.25, 0.3) is 0 Å². The number of non-ortho nitro benzene ring substituents is 1. The number of aliphatic carboxylic acids is 1. The average molecular weight is 254 g/mol. The molecule has 0 fully saturated rings. The van der Waals surface area contributed by atoms with Gasteiger partial charge in [0.2, 0.25) is 0 Å². The molecule has 0 aliphatic rings. The van der Waals surface area contributed by atoms with E-state index in [0.717, 1.165) is 0 Å². The van der Waals surface area contributed by atoms with Crippen LogP contribution in [-0.4, -0.2) is 26.6 Å². The van der Waals surface area contributed by atoms with Crippen LogP contribution in [-0.2, 0) is 11.4 Å². The Kier molecular flexibility index (Phi) is 3.87. The summed E-state index contributed by atoms with van der Waals surface area (Å²) in [6.45, 7) is 2.50. The van der Waals surface area contributed by atoms with Gasteiger partial charge in [0, 0.05) is 23.4 Å². The predicted molar refractivity (Wildman–Crippen MR) is 64.4 cm³/mol. The second-order valence-electron chi connectivity index (χ2n) is 4.31. The number of nitro groups is 1. The van der Waals surface area contributed by atoms with Gasteiger partial charge in [0.25, 0.3) is 5.69 Å². The van der Waals surface area contributed by atoms with Crippen molar-refractivity contribution in [3.8, 4) is 0 Å². The third kappa shape index (κ3) is 2.95. The number of hydrogen-bond donors (Lipinski definition) is 3. The van der Waals surface area contributed by atoms with Crippen LogP contribution in [0.1, 0.15) is 19.4 Å². The quantitative estimate of drug-likeness (QED) is 0.540. The molecule has 3 N–H and O–H groups in total. The minimum atomic E-state index is -1.24. The number of rotatable bonds is 5. The summed E-state index contributed by atoms with van der Waals surface area (Å²) in [7, 11) is 0. The number of carboxylic acid groups (broad SMARTS) is 1. The van der Waals surface area contributed by atoms with Gasteiger partial charge >= 0.3 is 5.97 Å². The number of aliphatic hydroxyl groups excluding tert-OH is 1. The summed E-state index contributed by atoms with van der Waals surface area (Å²) in [6, 6.07) is 3.84. The molecule has 98 valence electrons. The molecule has 1 aromatic carbocycles. The summed E-state index contributed by atoms with van der Waals surface area (Å²) in [5.41, 5.74) is -0.758. The molecule has 0 saturated carbocycles. The zero-order valence-electron chi connectivity index (χ0n) is 10.0. The number of benzene rings is 1. The van der Waals surface area contributed by atoms with Crippen LogP contribution in [0.4, 0.5) is 11.4 Å². The molecule has 1 aromatic rings. The van der Waals surface area contributed by atoms with Gasteiger partial charge in [-0.25, -0.2) is 4.79 Å². The molecule has 0 aliphatic heterocycles. The summed E-state index contributed by atoms with van der Waals surface area (Å²) < 4.78 is 0. The lowest BCUT2D eigenvalue weighted by Gasteiger charge is -2.23. The molecule has 0 atom stereocenters. The maximum Gasteiger partial charge on any atom is 0.328 e. The van der Waals surface area contributed by atoms with Crippen LogP contribution in [0.3, 0.4) is 0 Å². The van der Waals surface area contributed by atoms with Gasteiger partial charge in [-0.2, -0.15) is 0 Å². The molecule has 0 aliphatic carbocycles. The first-order valence-corrected chi connectivity index (χ1v) is 5.17. The van der Waals surface area contributed by atoms with E-state index in [1.165, 1.54) is 32.0 Å². The van der Waals surface area contributed by atoms with Gasteiger partial charge in [0.05, 0.1) is 11.5 Å². The molecule has 0 aromatic heterocycles. The van der Waals surface area contributed by atoms with E-state index in [2.05, 4.69) is 5.32 Å². The Morgan fingerprint density at radius 1 is 1.50 bits per heavy atom. The molecular weight excluding hydrogens is 240 g/mol. The van der Waals surface area contributed by atoms with Crippen LogP contribution in [0.15, 0.2) is 18.2 Å². The second kappa shape index (κ2) is 5.01.